The molecule has 11 aromatic rings. The monoisotopic (exact) mass is 706 g/mol. The molecule has 256 valence electrons. The van der Waals surface area contributed by atoms with Gasteiger partial charge in [0.2, 0.25) is 0 Å². The molecule has 0 unspecified atom stereocenters. The van der Waals surface area contributed by atoms with Crippen molar-refractivity contribution in [2.45, 2.75) is 0 Å². The van der Waals surface area contributed by atoms with E-state index < -0.39 is 24.2 Å². The Bertz CT molecular complexity index is 3630. The van der Waals surface area contributed by atoms with Crippen LogP contribution in [-0.2, 0) is 0 Å². The molecule has 0 spiro atoms. The van der Waals surface area contributed by atoms with Crippen LogP contribution in [0.15, 0.2) is 210 Å². The Balaban J connectivity index is 1.25. The molecule has 0 radical (unpaired) electrons. The molecule has 0 saturated heterocycles. The summed E-state index contributed by atoms with van der Waals surface area (Å²) < 4.78 is 80.9. The van der Waals surface area contributed by atoms with Gasteiger partial charge in [0, 0.05) is 21.9 Å². The molecule has 0 saturated carbocycles. The number of benzene rings is 10. The van der Waals surface area contributed by atoms with Gasteiger partial charge in [-0.3, -0.25) is 0 Å². The SMILES string of the molecule is [2H]c1c([2H])c([2H])c2c(-c3ccc(-c4ccccc4)c4ccccc34)c3c([2H])c([2H])c([2H])c([2H])c3c(-c3cccc(-c4cccc5c4oc4c(-c6ccccc6)cccc45)c3)c2c1[2H]. The molecule has 1 heteroatoms. The number of para-hydroxylation sites is 2. The van der Waals surface area contributed by atoms with Gasteiger partial charge in [0.05, 0.1) is 11.0 Å². The molecular weight excluding hydrogens is 665 g/mol. The van der Waals surface area contributed by atoms with Crippen LogP contribution in [0.3, 0.4) is 0 Å². The molecule has 10 aromatic carbocycles. The standard InChI is InChI=1S/C54H34O/c1-3-16-35(17-4-1)39-32-33-48(43-23-8-7-22-42(39)43)52-46-26-11-9-24-44(46)51(45-25-10-12-27-47(45)52)38-21-13-20-37(34-38)41-29-15-31-50-49-30-14-28-40(53(49)55-54(41)50)36-18-5-2-6-19-36/h1-34H/i9D,10D,11D,12D,24D,25D,26D,27D. The largest absolute Gasteiger partial charge is 0.455 e. The molecule has 0 amide bonds. The average Bonchev–Trinajstić information content (AvgIpc) is 3.72. The topological polar surface area (TPSA) is 13.1 Å². The zero-order valence-corrected chi connectivity index (χ0v) is 29.4. The molecule has 55 heavy (non-hydrogen) atoms. The molecule has 0 N–H and O–H groups in total. The molecule has 1 aromatic heterocycles. The van der Waals surface area contributed by atoms with E-state index in [4.69, 9.17) is 9.90 Å². The zero-order chi connectivity index (χ0) is 43.3. The van der Waals surface area contributed by atoms with Crippen LogP contribution in [0.4, 0.5) is 0 Å². The third-order valence-corrected chi connectivity index (χ3v) is 10.7. The Morgan fingerprint density at radius 3 is 1.31 bits per heavy atom. The second-order valence-corrected chi connectivity index (χ2v) is 13.7. The van der Waals surface area contributed by atoms with E-state index >= 15 is 0 Å². The summed E-state index contributed by atoms with van der Waals surface area (Å²) in [6, 6.07) is 48.4. The first-order valence-corrected chi connectivity index (χ1v) is 18.3. The van der Waals surface area contributed by atoms with Crippen molar-refractivity contribution in [3.8, 4) is 55.6 Å². The summed E-state index contributed by atoms with van der Waals surface area (Å²) in [5.74, 6) is 0. The first-order valence-electron chi connectivity index (χ1n) is 22.3. The van der Waals surface area contributed by atoms with Crippen LogP contribution < -0.4 is 0 Å². The maximum atomic E-state index is 9.56. The summed E-state index contributed by atoms with van der Waals surface area (Å²) >= 11 is 0. The Labute approximate surface area is 330 Å². The number of furan rings is 1. The highest BCUT2D eigenvalue weighted by atomic mass is 16.3. The Hall–Kier alpha value is -7.22. The van der Waals surface area contributed by atoms with Gasteiger partial charge in [0.25, 0.3) is 0 Å². The molecular formula is C54H34O. The molecule has 0 aliphatic carbocycles. The Morgan fingerprint density at radius 1 is 0.291 bits per heavy atom. The van der Waals surface area contributed by atoms with Gasteiger partial charge in [-0.2, -0.15) is 0 Å². The third-order valence-electron chi connectivity index (χ3n) is 10.7. The second kappa shape index (κ2) is 12.7. The summed E-state index contributed by atoms with van der Waals surface area (Å²) in [6.45, 7) is 0. The van der Waals surface area contributed by atoms with Gasteiger partial charge in [0.15, 0.2) is 0 Å². The van der Waals surface area contributed by atoms with E-state index in [0.717, 1.165) is 60.5 Å². The van der Waals surface area contributed by atoms with Crippen molar-refractivity contribution in [3.05, 3.63) is 206 Å². The smallest absolute Gasteiger partial charge is 0.143 e. The molecule has 0 fully saturated rings. The lowest BCUT2D eigenvalue weighted by Crippen LogP contribution is -1.92. The lowest BCUT2D eigenvalue weighted by molar-refractivity contribution is 0.671. The first kappa shape index (κ1) is 24.2. The van der Waals surface area contributed by atoms with E-state index in [2.05, 4.69) is 12.1 Å². The normalized spacial score (nSPS) is 13.7. The van der Waals surface area contributed by atoms with Crippen molar-refractivity contribution in [2.24, 2.45) is 0 Å². The van der Waals surface area contributed by atoms with Gasteiger partial charge < -0.3 is 4.42 Å². The van der Waals surface area contributed by atoms with Crippen molar-refractivity contribution in [3.63, 3.8) is 0 Å². The van der Waals surface area contributed by atoms with E-state index in [9.17, 15) is 5.48 Å². The van der Waals surface area contributed by atoms with Crippen LogP contribution in [0.2, 0.25) is 0 Å². The minimum atomic E-state index is -0.443. The molecule has 11 rings (SSSR count). The predicted molar refractivity (Wildman–Crippen MR) is 233 cm³/mol. The van der Waals surface area contributed by atoms with Crippen LogP contribution in [0.1, 0.15) is 11.0 Å². The lowest BCUT2D eigenvalue weighted by Gasteiger charge is -2.20. The highest BCUT2D eigenvalue weighted by Crippen LogP contribution is 2.47. The van der Waals surface area contributed by atoms with E-state index in [1.807, 2.05) is 146 Å². The number of fused-ring (bicyclic) bond motifs is 6. The zero-order valence-electron chi connectivity index (χ0n) is 37.4. The number of hydrogen-bond acceptors (Lipinski definition) is 1. The molecule has 1 nitrogen and oxygen atoms in total. The van der Waals surface area contributed by atoms with Gasteiger partial charge in [-0.25, -0.2) is 0 Å². The van der Waals surface area contributed by atoms with E-state index in [1.54, 1.807) is 0 Å². The number of hydrogen-bond donors (Lipinski definition) is 0. The third kappa shape index (κ3) is 5.01. The van der Waals surface area contributed by atoms with Crippen LogP contribution in [-0.4, -0.2) is 0 Å². The van der Waals surface area contributed by atoms with Gasteiger partial charge in [0.1, 0.15) is 11.2 Å². The van der Waals surface area contributed by atoms with Gasteiger partial charge in [-0.05, 0) is 82.9 Å². The van der Waals surface area contributed by atoms with Crippen LogP contribution in [0.25, 0.3) is 110 Å². The van der Waals surface area contributed by atoms with Gasteiger partial charge in [-0.1, -0.05) is 200 Å². The van der Waals surface area contributed by atoms with Crippen LogP contribution in [0.5, 0.6) is 0 Å². The molecule has 0 aliphatic heterocycles. The second-order valence-electron chi connectivity index (χ2n) is 13.7. The van der Waals surface area contributed by atoms with E-state index in [1.165, 1.54) is 0 Å². The van der Waals surface area contributed by atoms with E-state index in [0.29, 0.717) is 22.3 Å². The van der Waals surface area contributed by atoms with Crippen molar-refractivity contribution in [1.82, 2.24) is 0 Å². The minimum absolute atomic E-state index is 0.163. The highest BCUT2D eigenvalue weighted by molar-refractivity contribution is 6.24. The summed E-state index contributed by atoms with van der Waals surface area (Å²) in [5, 5.41) is 4.22. The molecule has 0 atom stereocenters. The lowest BCUT2D eigenvalue weighted by atomic mass is 9.83. The highest BCUT2D eigenvalue weighted by Gasteiger charge is 2.20. The Kier molecular flexibility index (Phi) is 5.59. The molecule has 0 bridgehead atoms. The van der Waals surface area contributed by atoms with Crippen molar-refractivity contribution in [1.29, 1.82) is 0 Å². The van der Waals surface area contributed by atoms with Crippen molar-refractivity contribution >= 4 is 54.3 Å². The predicted octanol–water partition coefficient (Wildman–Crippen LogP) is 15.4. The maximum Gasteiger partial charge on any atom is 0.143 e. The van der Waals surface area contributed by atoms with E-state index in [-0.39, 0.29) is 51.3 Å². The van der Waals surface area contributed by atoms with Gasteiger partial charge >= 0.3 is 0 Å². The van der Waals surface area contributed by atoms with Gasteiger partial charge in [-0.15, -0.1) is 0 Å². The molecule has 0 aliphatic rings. The van der Waals surface area contributed by atoms with Crippen molar-refractivity contribution < 1.29 is 15.4 Å². The number of rotatable bonds is 5. The maximum absolute atomic E-state index is 9.56. The Morgan fingerprint density at radius 2 is 0.709 bits per heavy atom. The summed E-state index contributed by atoms with van der Waals surface area (Å²) in [5.41, 5.74) is 8.63. The quantitative estimate of drug-likeness (QED) is 0.162. The fourth-order valence-corrected chi connectivity index (χ4v) is 8.30. The average molecular weight is 707 g/mol. The minimum Gasteiger partial charge on any atom is -0.455 e. The summed E-state index contributed by atoms with van der Waals surface area (Å²) in [7, 11) is 0. The fraction of sp³-hybridized carbons (Fsp3) is 0. The summed E-state index contributed by atoms with van der Waals surface area (Å²) in [4.78, 5) is 0. The fourth-order valence-electron chi connectivity index (χ4n) is 8.30. The van der Waals surface area contributed by atoms with Crippen LogP contribution >= 0.6 is 0 Å². The summed E-state index contributed by atoms with van der Waals surface area (Å²) in [6.07, 6.45) is 0. The van der Waals surface area contributed by atoms with Crippen molar-refractivity contribution in [2.75, 3.05) is 0 Å². The first-order chi connectivity index (χ1) is 30.6. The molecule has 1 heterocycles. The van der Waals surface area contributed by atoms with Crippen LogP contribution in [0, 0.1) is 0 Å².